The molecule has 0 saturated heterocycles. The number of nitrogens with zero attached hydrogens (tertiary/aromatic N) is 1. The van der Waals surface area contributed by atoms with E-state index in [0.29, 0.717) is 5.56 Å². The highest BCUT2D eigenvalue weighted by Gasteiger charge is 2.14. The van der Waals surface area contributed by atoms with Crippen molar-refractivity contribution in [3.8, 4) is 0 Å². The van der Waals surface area contributed by atoms with Crippen LogP contribution in [0.15, 0.2) is 60.7 Å². The molecule has 0 aliphatic rings. The lowest BCUT2D eigenvalue weighted by Crippen LogP contribution is -2.32. The number of carbonyl (C=O) groups excluding carboxylic acids is 2. The number of hydrogen-bond acceptors (Lipinski definition) is 5. The van der Waals surface area contributed by atoms with Crippen LogP contribution in [-0.2, 0) is 14.3 Å². The van der Waals surface area contributed by atoms with E-state index < -0.39 is 17.5 Å². The van der Waals surface area contributed by atoms with Crippen molar-refractivity contribution in [2.45, 2.75) is 25.8 Å². The van der Waals surface area contributed by atoms with Crippen molar-refractivity contribution < 1.29 is 19.2 Å². The van der Waals surface area contributed by atoms with Gasteiger partial charge in [-0.3, -0.25) is 14.9 Å². The lowest BCUT2D eigenvalue weighted by molar-refractivity contribution is -0.384. The Kier molecular flexibility index (Phi) is 7.90. The van der Waals surface area contributed by atoms with Crippen molar-refractivity contribution >= 4 is 23.6 Å². The quantitative estimate of drug-likeness (QED) is 0.308. The van der Waals surface area contributed by atoms with Crippen LogP contribution in [0.3, 0.4) is 0 Å². The minimum Gasteiger partial charge on any atom is -0.452 e. The van der Waals surface area contributed by atoms with Crippen LogP contribution in [0.25, 0.3) is 6.08 Å². The van der Waals surface area contributed by atoms with Crippen molar-refractivity contribution in [1.82, 2.24) is 5.32 Å². The standard InChI is InChI=1S/C21H22N2O5/c1-2-7-19(17-9-4-3-5-10-17)22-20(24)15-28-21(25)13-12-16-8-6-11-18(14-16)23(26)27/h3-6,8-14,19H,2,7,15H2,1H3,(H,22,24)/b13-12+/t19-/m1/s1. The average molecular weight is 382 g/mol. The van der Waals surface area contributed by atoms with Gasteiger partial charge in [0.1, 0.15) is 0 Å². The third kappa shape index (κ3) is 6.68. The highest BCUT2D eigenvalue weighted by molar-refractivity contribution is 5.89. The van der Waals surface area contributed by atoms with Crippen molar-refractivity contribution in [2.24, 2.45) is 0 Å². The zero-order valence-electron chi connectivity index (χ0n) is 15.5. The van der Waals surface area contributed by atoms with Gasteiger partial charge in [0.15, 0.2) is 6.61 Å². The van der Waals surface area contributed by atoms with E-state index in [-0.39, 0.29) is 17.6 Å². The van der Waals surface area contributed by atoms with Gasteiger partial charge in [0.2, 0.25) is 0 Å². The molecule has 0 aliphatic carbocycles. The van der Waals surface area contributed by atoms with Gasteiger partial charge < -0.3 is 10.1 Å². The monoisotopic (exact) mass is 382 g/mol. The summed E-state index contributed by atoms with van der Waals surface area (Å²) in [6.07, 6.45) is 4.20. The Morgan fingerprint density at radius 2 is 1.93 bits per heavy atom. The number of ether oxygens (including phenoxy) is 1. The molecule has 2 aromatic rings. The Labute approximate surface area is 163 Å². The van der Waals surface area contributed by atoms with Crippen LogP contribution in [0.1, 0.15) is 36.9 Å². The summed E-state index contributed by atoms with van der Waals surface area (Å²) in [5, 5.41) is 13.6. The molecule has 28 heavy (non-hydrogen) atoms. The number of rotatable bonds is 9. The van der Waals surface area contributed by atoms with E-state index in [9.17, 15) is 19.7 Å². The van der Waals surface area contributed by atoms with Crippen LogP contribution < -0.4 is 5.32 Å². The van der Waals surface area contributed by atoms with Crippen molar-refractivity contribution in [3.63, 3.8) is 0 Å². The summed E-state index contributed by atoms with van der Waals surface area (Å²) in [6.45, 7) is 1.63. The fraction of sp³-hybridized carbons (Fsp3) is 0.238. The summed E-state index contributed by atoms with van der Waals surface area (Å²) in [5.74, 6) is -1.09. The Balaban J connectivity index is 1.86. The summed E-state index contributed by atoms with van der Waals surface area (Å²) in [6, 6.07) is 15.3. The van der Waals surface area contributed by atoms with Crippen molar-refractivity contribution in [3.05, 3.63) is 81.9 Å². The molecule has 7 nitrogen and oxygen atoms in total. The van der Waals surface area contributed by atoms with Gasteiger partial charge in [0.05, 0.1) is 11.0 Å². The first kappa shape index (κ1) is 20.8. The number of nitro groups is 1. The van der Waals surface area contributed by atoms with E-state index in [4.69, 9.17) is 4.74 Å². The summed E-state index contributed by atoms with van der Waals surface area (Å²) in [4.78, 5) is 34.1. The van der Waals surface area contributed by atoms with E-state index in [1.165, 1.54) is 24.3 Å². The van der Waals surface area contributed by atoms with Crippen LogP contribution in [0.4, 0.5) is 5.69 Å². The molecule has 0 radical (unpaired) electrons. The van der Waals surface area contributed by atoms with Gasteiger partial charge in [0, 0.05) is 18.2 Å². The van der Waals surface area contributed by atoms with Crippen molar-refractivity contribution in [2.75, 3.05) is 6.61 Å². The van der Waals surface area contributed by atoms with Crippen LogP contribution in [0.2, 0.25) is 0 Å². The molecule has 0 aliphatic heterocycles. The number of esters is 1. The number of benzene rings is 2. The average Bonchev–Trinajstić information content (AvgIpc) is 2.71. The minimum atomic E-state index is -0.701. The zero-order chi connectivity index (χ0) is 20.4. The van der Waals surface area contributed by atoms with Crippen LogP contribution in [-0.4, -0.2) is 23.4 Å². The molecular formula is C21H22N2O5. The normalized spacial score (nSPS) is 11.8. The molecule has 0 saturated carbocycles. The van der Waals surface area contributed by atoms with Crippen LogP contribution in [0.5, 0.6) is 0 Å². The van der Waals surface area contributed by atoms with Gasteiger partial charge in [-0.05, 0) is 23.6 Å². The zero-order valence-corrected chi connectivity index (χ0v) is 15.5. The second-order valence-electron chi connectivity index (χ2n) is 6.11. The Bertz CT molecular complexity index is 849. The molecule has 0 spiro atoms. The molecule has 146 valence electrons. The maximum absolute atomic E-state index is 12.1. The molecule has 0 fully saturated rings. The van der Waals surface area contributed by atoms with Gasteiger partial charge in [-0.25, -0.2) is 4.79 Å². The van der Waals surface area contributed by atoms with Crippen LogP contribution >= 0.6 is 0 Å². The summed E-state index contributed by atoms with van der Waals surface area (Å²) < 4.78 is 4.95. The van der Waals surface area contributed by atoms with Crippen LogP contribution in [0, 0.1) is 10.1 Å². The molecule has 2 rings (SSSR count). The molecule has 1 N–H and O–H groups in total. The SMILES string of the molecule is CCC[C@@H](NC(=O)COC(=O)/C=C/c1cccc([N+](=O)[O-])c1)c1ccccc1. The summed E-state index contributed by atoms with van der Waals surface area (Å²) in [7, 11) is 0. The first-order chi connectivity index (χ1) is 13.5. The Hall–Kier alpha value is -3.48. The lowest BCUT2D eigenvalue weighted by Gasteiger charge is -2.18. The van der Waals surface area contributed by atoms with Gasteiger partial charge in [-0.15, -0.1) is 0 Å². The number of nitrogens with one attached hydrogen (secondary N) is 1. The Morgan fingerprint density at radius 3 is 2.61 bits per heavy atom. The minimum absolute atomic E-state index is 0.0715. The van der Waals surface area contributed by atoms with E-state index in [2.05, 4.69) is 5.32 Å². The highest BCUT2D eigenvalue weighted by Crippen LogP contribution is 2.18. The molecule has 0 heterocycles. The topological polar surface area (TPSA) is 98.5 Å². The Morgan fingerprint density at radius 1 is 1.18 bits per heavy atom. The first-order valence-corrected chi connectivity index (χ1v) is 8.93. The lowest BCUT2D eigenvalue weighted by atomic mass is 10.0. The maximum atomic E-state index is 12.1. The summed E-state index contributed by atoms with van der Waals surface area (Å²) in [5.41, 5.74) is 1.41. The fourth-order valence-corrected chi connectivity index (χ4v) is 2.62. The summed E-state index contributed by atoms with van der Waals surface area (Å²) >= 11 is 0. The molecule has 1 atom stereocenters. The number of carbonyl (C=O) groups is 2. The second kappa shape index (κ2) is 10.6. The molecule has 1 amide bonds. The van der Waals surface area contributed by atoms with E-state index in [1.54, 1.807) is 6.07 Å². The molecular weight excluding hydrogens is 360 g/mol. The number of amides is 1. The number of hydrogen-bond donors (Lipinski definition) is 1. The number of nitro benzene ring substituents is 1. The third-order valence-corrected chi connectivity index (χ3v) is 3.95. The molecule has 2 aromatic carbocycles. The van der Waals surface area contributed by atoms with Gasteiger partial charge in [-0.1, -0.05) is 55.8 Å². The van der Waals surface area contributed by atoms with E-state index in [1.807, 2.05) is 37.3 Å². The van der Waals surface area contributed by atoms with E-state index >= 15 is 0 Å². The number of non-ortho nitro benzene ring substituents is 1. The van der Waals surface area contributed by atoms with Gasteiger partial charge in [0.25, 0.3) is 11.6 Å². The first-order valence-electron chi connectivity index (χ1n) is 8.93. The predicted molar refractivity (Wildman–Crippen MR) is 105 cm³/mol. The molecule has 0 aromatic heterocycles. The smallest absolute Gasteiger partial charge is 0.331 e. The fourth-order valence-electron chi connectivity index (χ4n) is 2.62. The molecule has 0 bridgehead atoms. The highest BCUT2D eigenvalue weighted by atomic mass is 16.6. The molecule has 0 unspecified atom stereocenters. The molecule has 7 heteroatoms. The predicted octanol–water partition coefficient (Wildman–Crippen LogP) is 3.81. The maximum Gasteiger partial charge on any atom is 0.331 e. The largest absolute Gasteiger partial charge is 0.452 e. The van der Waals surface area contributed by atoms with E-state index in [0.717, 1.165) is 24.5 Å². The second-order valence-corrected chi connectivity index (χ2v) is 6.11. The van der Waals surface area contributed by atoms with Gasteiger partial charge in [-0.2, -0.15) is 0 Å². The van der Waals surface area contributed by atoms with Gasteiger partial charge >= 0.3 is 5.97 Å². The van der Waals surface area contributed by atoms with Crippen molar-refractivity contribution in [1.29, 1.82) is 0 Å². The third-order valence-electron chi connectivity index (χ3n) is 3.95.